The van der Waals surface area contributed by atoms with Gasteiger partial charge in [-0.2, -0.15) is 0 Å². The van der Waals surface area contributed by atoms with E-state index in [4.69, 9.17) is 0 Å². The molecule has 11 heavy (non-hydrogen) atoms. The molecule has 1 fully saturated rings. The van der Waals surface area contributed by atoms with E-state index >= 15 is 0 Å². The van der Waals surface area contributed by atoms with E-state index in [1.54, 1.807) is 0 Å². The molecule has 0 radical (unpaired) electrons. The Morgan fingerprint density at radius 3 is 2.45 bits per heavy atom. The van der Waals surface area contributed by atoms with Gasteiger partial charge in [-0.1, -0.05) is 6.92 Å². The van der Waals surface area contributed by atoms with Crippen LogP contribution >= 0.6 is 0 Å². The Labute approximate surface area is 70.0 Å². The molecule has 1 aliphatic rings. The van der Waals surface area contributed by atoms with Crippen LogP contribution in [-0.4, -0.2) is 37.6 Å². The maximum Gasteiger partial charge on any atom is 0.0325 e. The van der Waals surface area contributed by atoms with Crippen LogP contribution < -0.4 is 5.32 Å². The van der Waals surface area contributed by atoms with Crippen molar-refractivity contribution in [1.82, 2.24) is 10.2 Å². The van der Waals surface area contributed by atoms with Crippen LogP contribution in [0.4, 0.5) is 0 Å². The van der Waals surface area contributed by atoms with E-state index in [1.165, 1.54) is 25.8 Å². The predicted molar refractivity (Wildman–Crippen MR) is 48.8 cm³/mol. The fourth-order valence-electron chi connectivity index (χ4n) is 1.95. The smallest absolute Gasteiger partial charge is 0.0325 e. The summed E-state index contributed by atoms with van der Waals surface area (Å²) in [5, 5.41) is 3.47. The van der Waals surface area contributed by atoms with Crippen LogP contribution in [0.5, 0.6) is 0 Å². The Morgan fingerprint density at radius 1 is 1.45 bits per heavy atom. The lowest BCUT2D eigenvalue weighted by Gasteiger charge is -2.42. The number of rotatable bonds is 2. The average Bonchev–Trinajstić information content (AvgIpc) is 2.05. The fraction of sp³-hybridized carbons (Fsp3) is 1.00. The molecule has 1 heterocycles. The summed E-state index contributed by atoms with van der Waals surface area (Å²) in [5.74, 6) is 0. The quantitative estimate of drug-likeness (QED) is 0.643. The second kappa shape index (κ2) is 3.55. The first kappa shape index (κ1) is 9.01. The molecule has 1 rings (SSSR count). The number of piperidine rings is 1. The van der Waals surface area contributed by atoms with Gasteiger partial charge in [0.25, 0.3) is 0 Å². The van der Waals surface area contributed by atoms with Crippen molar-refractivity contribution in [1.29, 1.82) is 0 Å². The Balaban J connectivity index is 2.57. The van der Waals surface area contributed by atoms with Gasteiger partial charge >= 0.3 is 0 Å². The highest BCUT2D eigenvalue weighted by atomic mass is 15.2. The molecule has 2 nitrogen and oxygen atoms in total. The van der Waals surface area contributed by atoms with Gasteiger partial charge in [-0.25, -0.2) is 0 Å². The predicted octanol–water partition coefficient (Wildman–Crippen LogP) is 1.08. The van der Waals surface area contributed by atoms with Crippen LogP contribution in [0.3, 0.4) is 0 Å². The minimum atomic E-state index is 0.443. The van der Waals surface area contributed by atoms with Crippen LogP contribution in [0.15, 0.2) is 0 Å². The van der Waals surface area contributed by atoms with Gasteiger partial charge in [0.05, 0.1) is 0 Å². The normalized spacial score (nSPS) is 32.7. The molecule has 0 aromatic rings. The molecule has 1 aliphatic heterocycles. The Hall–Kier alpha value is -0.0800. The lowest BCUT2D eigenvalue weighted by Crippen LogP contribution is -2.54. The minimum Gasteiger partial charge on any atom is -0.315 e. The van der Waals surface area contributed by atoms with Crippen molar-refractivity contribution in [3.8, 4) is 0 Å². The van der Waals surface area contributed by atoms with Crippen molar-refractivity contribution < 1.29 is 0 Å². The van der Waals surface area contributed by atoms with Gasteiger partial charge < -0.3 is 10.2 Å². The second-order valence-electron chi connectivity index (χ2n) is 3.75. The number of nitrogens with zero attached hydrogens (tertiary/aromatic N) is 1. The van der Waals surface area contributed by atoms with Crippen LogP contribution in [0.1, 0.15) is 26.2 Å². The van der Waals surface area contributed by atoms with Gasteiger partial charge in [-0.15, -0.1) is 0 Å². The third-order valence-electron chi connectivity index (χ3n) is 3.06. The highest BCUT2D eigenvalue weighted by Gasteiger charge is 2.31. The molecule has 0 aromatic carbocycles. The number of likely N-dealkylation sites (N-methyl/N-ethyl adjacent to an activating group) is 1. The maximum atomic E-state index is 3.47. The molecule has 2 heteroatoms. The molecule has 0 spiro atoms. The molecule has 1 atom stereocenters. The number of hydrogen-bond acceptors (Lipinski definition) is 2. The van der Waals surface area contributed by atoms with E-state index in [2.05, 4.69) is 31.2 Å². The summed E-state index contributed by atoms with van der Waals surface area (Å²) in [6.45, 7) is 4.65. The highest BCUT2D eigenvalue weighted by Crippen LogP contribution is 2.24. The molecule has 0 aromatic heterocycles. The van der Waals surface area contributed by atoms with Crippen molar-refractivity contribution in [3.63, 3.8) is 0 Å². The molecule has 1 unspecified atom stereocenters. The van der Waals surface area contributed by atoms with Gasteiger partial charge in [0.2, 0.25) is 0 Å². The molecule has 0 aliphatic carbocycles. The molecule has 0 amide bonds. The van der Waals surface area contributed by atoms with E-state index in [1.807, 2.05) is 0 Å². The molecule has 1 N–H and O–H groups in total. The molecule has 0 saturated carbocycles. The highest BCUT2D eigenvalue weighted by molar-refractivity contribution is 4.91. The summed E-state index contributed by atoms with van der Waals surface area (Å²) in [6.07, 6.45) is 3.93. The van der Waals surface area contributed by atoms with Crippen molar-refractivity contribution >= 4 is 0 Å². The summed E-state index contributed by atoms with van der Waals surface area (Å²) >= 11 is 0. The minimum absolute atomic E-state index is 0.443. The first-order valence-electron chi connectivity index (χ1n) is 4.59. The zero-order valence-corrected chi connectivity index (χ0v) is 7.98. The van der Waals surface area contributed by atoms with Crippen LogP contribution in [0.2, 0.25) is 0 Å². The SMILES string of the molecule is CCC1(N(C)C)CCCNC1. The third-order valence-corrected chi connectivity index (χ3v) is 3.06. The summed E-state index contributed by atoms with van der Waals surface area (Å²) in [6, 6.07) is 0. The fourth-order valence-corrected chi connectivity index (χ4v) is 1.95. The third kappa shape index (κ3) is 1.74. The van der Waals surface area contributed by atoms with E-state index in [0.29, 0.717) is 5.54 Å². The zero-order chi connectivity index (χ0) is 8.32. The maximum absolute atomic E-state index is 3.47. The number of nitrogens with one attached hydrogen (secondary N) is 1. The molecule has 1 saturated heterocycles. The molecular formula is C9H20N2. The van der Waals surface area contributed by atoms with Crippen molar-refractivity contribution in [2.45, 2.75) is 31.7 Å². The summed E-state index contributed by atoms with van der Waals surface area (Å²) in [7, 11) is 4.38. The van der Waals surface area contributed by atoms with Gasteiger partial charge in [-0.3, -0.25) is 0 Å². The van der Waals surface area contributed by atoms with Crippen LogP contribution in [-0.2, 0) is 0 Å². The molecular weight excluding hydrogens is 136 g/mol. The Bertz CT molecular complexity index is 115. The molecule has 0 bridgehead atoms. The van der Waals surface area contributed by atoms with Gasteiger partial charge in [0.15, 0.2) is 0 Å². The van der Waals surface area contributed by atoms with Gasteiger partial charge in [-0.05, 0) is 39.9 Å². The monoisotopic (exact) mass is 156 g/mol. The Morgan fingerprint density at radius 2 is 2.18 bits per heavy atom. The summed E-state index contributed by atoms with van der Waals surface area (Å²) in [5.41, 5.74) is 0.443. The average molecular weight is 156 g/mol. The van der Waals surface area contributed by atoms with E-state index in [9.17, 15) is 0 Å². The largest absolute Gasteiger partial charge is 0.315 e. The van der Waals surface area contributed by atoms with Gasteiger partial charge in [0, 0.05) is 12.1 Å². The topological polar surface area (TPSA) is 15.3 Å². The first-order chi connectivity index (χ1) is 5.21. The Kier molecular flexibility index (Phi) is 2.90. The molecule has 66 valence electrons. The summed E-state index contributed by atoms with van der Waals surface area (Å²) < 4.78 is 0. The van der Waals surface area contributed by atoms with E-state index < -0.39 is 0 Å². The lowest BCUT2D eigenvalue weighted by atomic mass is 9.86. The van der Waals surface area contributed by atoms with Crippen molar-refractivity contribution in [2.75, 3.05) is 27.2 Å². The zero-order valence-electron chi connectivity index (χ0n) is 7.98. The van der Waals surface area contributed by atoms with Crippen molar-refractivity contribution in [3.05, 3.63) is 0 Å². The lowest BCUT2D eigenvalue weighted by molar-refractivity contribution is 0.109. The van der Waals surface area contributed by atoms with Gasteiger partial charge in [0.1, 0.15) is 0 Å². The second-order valence-corrected chi connectivity index (χ2v) is 3.75. The van der Waals surface area contributed by atoms with Crippen LogP contribution in [0.25, 0.3) is 0 Å². The van der Waals surface area contributed by atoms with E-state index in [-0.39, 0.29) is 0 Å². The standard InChI is InChI=1S/C9H20N2/c1-4-9(11(2)3)6-5-7-10-8-9/h10H,4-8H2,1-3H3. The van der Waals surface area contributed by atoms with Crippen molar-refractivity contribution in [2.24, 2.45) is 0 Å². The summed E-state index contributed by atoms with van der Waals surface area (Å²) in [4.78, 5) is 2.37. The van der Waals surface area contributed by atoms with Crippen LogP contribution in [0, 0.1) is 0 Å². The van der Waals surface area contributed by atoms with E-state index in [0.717, 1.165) is 6.54 Å². The first-order valence-corrected chi connectivity index (χ1v) is 4.59. The number of hydrogen-bond donors (Lipinski definition) is 1.